The summed E-state index contributed by atoms with van der Waals surface area (Å²) in [6, 6.07) is 19.6. The maximum Gasteiger partial charge on any atom is 0.339 e. The van der Waals surface area contributed by atoms with Crippen molar-refractivity contribution in [1.82, 2.24) is 4.90 Å². The molecule has 1 aliphatic heterocycles. The van der Waals surface area contributed by atoms with Gasteiger partial charge < -0.3 is 10.1 Å². The SMILES string of the molecule is COC(=O)c1cc(NC(=O)C2CCCN(Cc3cccc4ccccc34)C2)ccc1Cl. The highest BCUT2D eigenvalue weighted by Gasteiger charge is 2.26. The molecule has 3 aromatic rings. The molecule has 0 spiro atoms. The molecule has 4 rings (SSSR count). The number of likely N-dealkylation sites (tertiary alicyclic amines) is 1. The highest BCUT2D eigenvalue weighted by Crippen LogP contribution is 2.26. The van der Waals surface area contributed by atoms with E-state index in [4.69, 9.17) is 16.3 Å². The Labute approximate surface area is 186 Å². The minimum Gasteiger partial charge on any atom is -0.465 e. The van der Waals surface area contributed by atoms with Crippen molar-refractivity contribution in [3.05, 3.63) is 76.8 Å². The fourth-order valence-corrected chi connectivity index (χ4v) is 4.39. The van der Waals surface area contributed by atoms with Crippen molar-refractivity contribution in [3.63, 3.8) is 0 Å². The van der Waals surface area contributed by atoms with Gasteiger partial charge in [-0.1, -0.05) is 54.1 Å². The third-order valence-electron chi connectivity index (χ3n) is 5.79. The summed E-state index contributed by atoms with van der Waals surface area (Å²) in [6.07, 6.45) is 1.81. The van der Waals surface area contributed by atoms with E-state index in [1.54, 1.807) is 18.2 Å². The summed E-state index contributed by atoms with van der Waals surface area (Å²) in [6.45, 7) is 2.49. The van der Waals surface area contributed by atoms with Gasteiger partial charge in [0.2, 0.25) is 5.91 Å². The first-order valence-electron chi connectivity index (χ1n) is 10.4. The Morgan fingerprint density at radius 2 is 1.94 bits per heavy atom. The van der Waals surface area contributed by atoms with Crippen LogP contribution in [-0.4, -0.2) is 37.0 Å². The summed E-state index contributed by atoms with van der Waals surface area (Å²) in [4.78, 5) is 27.1. The molecule has 1 saturated heterocycles. The standard InChI is InChI=1S/C25H25ClN2O3/c1-31-25(30)22-14-20(11-12-23(22)26)27-24(29)19-9-5-13-28(16-19)15-18-8-4-7-17-6-2-3-10-21(17)18/h2-4,6-8,10-12,14,19H,5,9,13,15-16H2,1H3,(H,27,29). The molecule has 0 saturated carbocycles. The number of benzene rings is 3. The van der Waals surface area contributed by atoms with Gasteiger partial charge >= 0.3 is 5.97 Å². The van der Waals surface area contributed by atoms with Crippen LogP contribution in [0.3, 0.4) is 0 Å². The second kappa shape index (κ2) is 9.50. The number of esters is 1. The lowest BCUT2D eigenvalue weighted by molar-refractivity contribution is -0.121. The fraction of sp³-hybridized carbons (Fsp3) is 0.280. The predicted octanol–water partition coefficient (Wildman–Crippen LogP) is 5.13. The van der Waals surface area contributed by atoms with Gasteiger partial charge in [-0.15, -0.1) is 0 Å². The summed E-state index contributed by atoms with van der Waals surface area (Å²) in [5.74, 6) is -0.679. The smallest absolute Gasteiger partial charge is 0.339 e. The molecule has 31 heavy (non-hydrogen) atoms. The van der Waals surface area contributed by atoms with Crippen LogP contribution in [0.15, 0.2) is 60.7 Å². The summed E-state index contributed by atoms with van der Waals surface area (Å²) >= 11 is 6.07. The second-order valence-electron chi connectivity index (χ2n) is 7.89. The van der Waals surface area contributed by atoms with E-state index in [9.17, 15) is 9.59 Å². The molecule has 6 heteroatoms. The van der Waals surface area contributed by atoms with Crippen molar-refractivity contribution in [3.8, 4) is 0 Å². The van der Waals surface area contributed by atoms with E-state index in [2.05, 4.69) is 52.7 Å². The number of rotatable bonds is 5. The highest BCUT2D eigenvalue weighted by atomic mass is 35.5. The number of hydrogen-bond acceptors (Lipinski definition) is 4. The quantitative estimate of drug-likeness (QED) is 0.563. The zero-order valence-electron chi connectivity index (χ0n) is 17.4. The van der Waals surface area contributed by atoms with Crippen LogP contribution in [0.4, 0.5) is 5.69 Å². The van der Waals surface area contributed by atoms with Crippen LogP contribution in [0, 0.1) is 5.92 Å². The molecule has 1 unspecified atom stereocenters. The molecule has 1 aliphatic rings. The van der Waals surface area contributed by atoms with Gasteiger partial charge in [-0.2, -0.15) is 0 Å². The van der Waals surface area contributed by atoms with Crippen LogP contribution in [0.25, 0.3) is 10.8 Å². The number of amides is 1. The predicted molar refractivity (Wildman–Crippen MR) is 123 cm³/mol. The molecule has 0 radical (unpaired) electrons. The molecule has 1 heterocycles. The average Bonchev–Trinajstić information content (AvgIpc) is 2.80. The van der Waals surface area contributed by atoms with Crippen LogP contribution in [0.5, 0.6) is 0 Å². The molecule has 1 atom stereocenters. The molecule has 1 N–H and O–H groups in total. The molecule has 1 amide bonds. The summed E-state index contributed by atoms with van der Waals surface area (Å²) in [5.41, 5.74) is 2.06. The first-order chi connectivity index (χ1) is 15.0. The molecular formula is C25H25ClN2O3. The Hall–Kier alpha value is -2.89. The third-order valence-corrected chi connectivity index (χ3v) is 6.12. The first-order valence-corrected chi connectivity index (χ1v) is 10.8. The van der Waals surface area contributed by atoms with Gasteiger partial charge in [-0.05, 0) is 53.9 Å². The Bertz CT molecular complexity index is 1110. The van der Waals surface area contributed by atoms with Gasteiger partial charge in [0.25, 0.3) is 0 Å². The van der Waals surface area contributed by atoms with E-state index in [0.29, 0.717) is 17.3 Å². The Kier molecular flexibility index (Phi) is 6.54. The topological polar surface area (TPSA) is 58.6 Å². The Morgan fingerprint density at radius 3 is 2.77 bits per heavy atom. The van der Waals surface area contributed by atoms with Crippen molar-refractivity contribution in [2.45, 2.75) is 19.4 Å². The molecule has 5 nitrogen and oxygen atoms in total. The van der Waals surface area contributed by atoms with Crippen molar-refractivity contribution in [1.29, 1.82) is 0 Å². The van der Waals surface area contributed by atoms with Crippen LogP contribution < -0.4 is 5.32 Å². The van der Waals surface area contributed by atoms with Crippen molar-refractivity contribution in [2.75, 3.05) is 25.5 Å². The van der Waals surface area contributed by atoms with E-state index in [1.165, 1.54) is 23.4 Å². The maximum atomic E-state index is 12.9. The number of nitrogens with zero attached hydrogens (tertiary/aromatic N) is 1. The van der Waals surface area contributed by atoms with Crippen molar-refractivity contribution >= 4 is 39.9 Å². The third kappa shape index (κ3) is 4.89. The minimum atomic E-state index is -0.528. The summed E-state index contributed by atoms with van der Waals surface area (Å²) in [7, 11) is 1.30. The van der Waals surface area contributed by atoms with Gasteiger partial charge in [0.05, 0.1) is 23.6 Å². The Balaban J connectivity index is 1.44. The number of piperidine rings is 1. The second-order valence-corrected chi connectivity index (χ2v) is 8.30. The summed E-state index contributed by atoms with van der Waals surface area (Å²) < 4.78 is 4.75. The molecular weight excluding hydrogens is 412 g/mol. The van der Waals surface area contributed by atoms with Gasteiger partial charge in [-0.3, -0.25) is 9.69 Å². The number of nitrogens with one attached hydrogen (secondary N) is 1. The molecule has 1 fully saturated rings. The maximum absolute atomic E-state index is 12.9. The normalized spacial score (nSPS) is 16.8. The lowest BCUT2D eigenvalue weighted by atomic mass is 9.96. The van der Waals surface area contributed by atoms with E-state index in [0.717, 1.165) is 25.9 Å². The van der Waals surface area contributed by atoms with Gasteiger partial charge in [0.15, 0.2) is 0 Å². The molecule has 0 aromatic heterocycles. The number of carbonyl (C=O) groups is 2. The number of carbonyl (C=O) groups excluding carboxylic acids is 2. The number of halogens is 1. The lowest BCUT2D eigenvalue weighted by Crippen LogP contribution is -2.40. The lowest BCUT2D eigenvalue weighted by Gasteiger charge is -2.32. The number of anilines is 1. The fourth-order valence-electron chi connectivity index (χ4n) is 4.20. The number of methoxy groups -OCH3 is 1. The van der Waals surface area contributed by atoms with Gasteiger partial charge in [0, 0.05) is 18.8 Å². The number of fused-ring (bicyclic) bond motifs is 1. The van der Waals surface area contributed by atoms with E-state index in [1.807, 2.05) is 0 Å². The van der Waals surface area contributed by atoms with Crippen LogP contribution in [0.1, 0.15) is 28.8 Å². The van der Waals surface area contributed by atoms with E-state index < -0.39 is 5.97 Å². The zero-order valence-corrected chi connectivity index (χ0v) is 18.2. The Morgan fingerprint density at radius 1 is 1.13 bits per heavy atom. The van der Waals surface area contributed by atoms with Gasteiger partial charge in [0.1, 0.15) is 0 Å². The summed E-state index contributed by atoms with van der Waals surface area (Å²) in [5, 5.41) is 5.72. The highest BCUT2D eigenvalue weighted by molar-refractivity contribution is 6.33. The molecule has 0 bridgehead atoms. The first kappa shape index (κ1) is 21.3. The van der Waals surface area contributed by atoms with Crippen LogP contribution >= 0.6 is 11.6 Å². The van der Waals surface area contributed by atoms with Crippen molar-refractivity contribution in [2.24, 2.45) is 5.92 Å². The number of ether oxygens (including phenoxy) is 1. The average molecular weight is 437 g/mol. The van der Waals surface area contributed by atoms with Crippen molar-refractivity contribution < 1.29 is 14.3 Å². The van der Waals surface area contributed by atoms with Crippen LogP contribution in [-0.2, 0) is 16.1 Å². The van der Waals surface area contributed by atoms with E-state index in [-0.39, 0.29) is 17.4 Å². The largest absolute Gasteiger partial charge is 0.465 e. The zero-order chi connectivity index (χ0) is 21.8. The molecule has 160 valence electrons. The molecule has 3 aromatic carbocycles. The van der Waals surface area contributed by atoms with E-state index >= 15 is 0 Å². The van der Waals surface area contributed by atoms with Gasteiger partial charge in [-0.25, -0.2) is 4.79 Å². The van der Waals surface area contributed by atoms with Crippen LogP contribution in [0.2, 0.25) is 5.02 Å². The monoisotopic (exact) mass is 436 g/mol. The minimum absolute atomic E-state index is 0.0410. The number of hydrogen-bond donors (Lipinski definition) is 1. The molecule has 0 aliphatic carbocycles.